The molecule has 0 radical (unpaired) electrons. The molecule has 1 N–H and O–H groups in total. The molecule has 2 rings (SSSR count). The molecule has 0 aliphatic carbocycles. The fourth-order valence-electron chi connectivity index (χ4n) is 3.05. The summed E-state index contributed by atoms with van der Waals surface area (Å²) in [4.78, 5) is 39.2. The number of carboxylic acids is 1. The Morgan fingerprint density at radius 2 is 2.00 bits per heavy atom. The summed E-state index contributed by atoms with van der Waals surface area (Å²) in [6, 6.07) is -0.444. The molecule has 2 heterocycles. The standard InChI is InChI=1S/C15H24N2O5/c1-2-5-13(18)17-7-4-3-6-11(17)14(19)16-8-9-22-12(10-16)15(20)21/h11-12H,2-10H2,1H3,(H,20,21). The van der Waals surface area contributed by atoms with Gasteiger partial charge in [0.05, 0.1) is 13.2 Å². The Hall–Kier alpha value is -1.63. The number of ether oxygens (including phenoxy) is 1. The zero-order valence-corrected chi connectivity index (χ0v) is 13.0. The van der Waals surface area contributed by atoms with Gasteiger partial charge in [-0.3, -0.25) is 9.59 Å². The van der Waals surface area contributed by atoms with E-state index in [1.807, 2.05) is 6.92 Å². The van der Waals surface area contributed by atoms with Gasteiger partial charge in [-0.15, -0.1) is 0 Å². The first kappa shape index (κ1) is 16.7. The van der Waals surface area contributed by atoms with Crippen LogP contribution in [0.15, 0.2) is 0 Å². The molecular formula is C15H24N2O5. The molecule has 2 atom stereocenters. The lowest BCUT2D eigenvalue weighted by molar-refractivity contribution is -0.163. The lowest BCUT2D eigenvalue weighted by atomic mass is 9.99. The van der Waals surface area contributed by atoms with Crippen LogP contribution in [-0.4, -0.2) is 71.1 Å². The summed E-state index contributed by atoms with van der Waals surface area (Å²) in [7, 11) is 0. The third-order valence-corrected chi connectivity index (χ3v) is 4.23. The molecule has 124 valence electrons. The molecule has 7 heteroatoms. The number of carboxylic acid groups (broad SMARTS) is 1. The summed E-state index contributed by atoms with van der Waals surface area (Å²) in [6.45, 7) is 3.22. The van der Waals surface area contributed by atoms with Crippen LogP contribution >= 0.6 is 0 Å². The molecule has 0 aromatic heterocycles. The van der Waals surface area contributed by atoms with Gasteiger partial charge in [0.25, 0.3) is 0 Å². The van der Waals surface area contributed by atoms with Crippen LogP contribution in [0.25, 0.3) is 0 Å². The third kappa shape index (κ3) is 3.76. The minimum absolute atomic E-state index is 0.0172. The Labute approximate surface area is 130 Å². The van der Waals surface area contributed by atoms with Crippen molar-refractivity contribution < 1.29 is 24.2 Å². The Kier molecular flexibility index (Phi) is 5.76. The SMILES string of the molecule is CCCC(=O)N1CCCCC1C(=O)N1CCOC(C(=O)O)C1. The highest BCUT2D eigenvalue weighted by Gasteiger charge is 2.37. The van der Waals surface area contributed by atoms with Gasteiger partial charge in [0.15, 0.2) is 6.10 Å². The van der Waals surface area contributed by atoms with Crippen LogP contribution < -0.4 is 0 Å². The van der Waals surface area contributed by atoms with Gasteiger partial charge >= 0.3 is 5.97 Å². The number of hydrogen-bond acceptors (Lipinski definition) is 4. The summed E-state index contributed by atoms with van der Waals surface area (Å²) < 4.78 is 5.15. The predicted octanol–water partition coefficient (Wildman–Crippen LogP) is 0.480. The molecule has 7 nitrogen and oxygen atoms in total. The highest BCUT2D eigenvalue weighted by Crippen LogP contribution is 2.21. The van der Waals surface area contributed by atoms with E-state index >= 15 is 0 Å². The Morgan fingerprint density at radius 3 is 2.68 bits per heavy atom. The average molecular weight is 312 g/mol. The minimum atomic E-state index is -1.06. The maximum Gasteiger partial charge on any atom is 0.334 e. The van der Waals surface area contributed by atoms with E-state index in [1.165, 1.54) is 4.90 Å². The first-order valence-corrected chi connectivity index (χ1v) is 7.97. The maximum absolute atomic E-state index is 12.7. The molecular weight excluding hydrogens is 288 g/mol. The van der Waals surface area contributed by atoms with Crippen LogP contribution in [0.5, 0.6) is 0 Å². The van der Waals surface area contributed by atoms with Crippen molar-refractivity contribution in [1.29, 1.82) is 0 Å². The second kappa shape index (κ2) is 7.58. The van der Waals surface area contributed by atoms with Crippen LogP contribution in [0.4, 0.5) is 0 Å². The fourth-order valence-corrected chi connectivity index (χ4v) is 3.05. The third-order valence-electron chi connectivity index (χ3n) is 4.23. The van der Waals surface area contributed by atoms with Crippen molar-refractivity contribution in [2.24, 2.45) is 0 Å². The number of likely N-dealkylation sites (tertiary alicyclic amines) is 1. The predicted molar refractivity (Wildman–Crippen MR) is 78.2 cm³/mol. The monoisotopic (exact) mass is 312 g/mol. The van der Waals surface area contributed by atoms with Crippen LogP contribution in [0.2, 0.25) is 0 Å². The zero-order valence-electron chi connectivity index (χ0n) is 13.0. The van der Waals surface area contributed by atoms with E-state index in [4.69, 9.17) is 9.84 Å². The molecule has 2 saturated heterocycles. The van der Waals surface area contributed by atoms with Gasteiger partial charge in [-0.1, -0.05) is 6.92 Å². The van der Waals surface area contributed by atoms with Gasteiger partial charge in [0.1, 0.15) is 6.04 Å². The van der Waals surface area contributed by atoms with E-state index in [1.54, 1.807) is 4.90 Å². The Morgan fingerprint density at radius 1 is 1.23 bits per heavy atom. The van der Waals surface area contributed by atoms with Crippen molar-refractivity contribution in [3.05, 3.63) is 0 Å². The van der Waals surface area contributed by atoms with Gasteiger partial charge in [-0.25, -0.2) is 4.79 Å². The Balaban J connectivity index is 2.05. The molecule has 0 spiro atoms. The number of morpholine rings is 1. The number of hydrogen-bond donors (Lipinski definition) is 1. The molecule has 2 unspecified atom stereocenters. The summed E-state index contributed by atoms with van der Waals surface area (Å²) in [5.74, 6) is -1.18. The van der Waals surface area contributed by atoms with E-state index in [2.05, 4.69) is 0 Å². The Bertz CT molecular complexity index is 440. The van der Waals surface area contributed by atoms with E-state index in [0.717, 1.165) is 19.3 Å². The molecule has 0 saturated carbocycles. The van der Waals surface area contributed by atoms with Crippen molar-refractivity contribution in [2.45, 2.75) is 51.2 Å². The fraction of sp³-hybridized carbons (Fsp3) is 0.800. The number of piperidine rings is 1. The smallest absolute Gasteiger partial charge is 0.334 e. The largest absolute Gasteiger partial charge is 0.479 e. The molecule has 0 aromatic carbocycles. The molecule has 2 aliphatic heterocycles. The first-order valence-electron chi connectivity index (χ1n) is 7.97. The lowest BCUT2D eigenvalue weighted by Crippen LogP contribution is -2.57. The van der Waals surface area contributed by atoms with Gasteiger partial charge in [-0.2, -0.15) is 0 Å². The van der Waals surface area contributed by atoms with Gasteiger partial charge < -0.3 is 19.6 Å². The van der Waals surface area contributed by atoms with E-state index in [0.29, 0.717) is 25.9 Å². The summed E-state index contributed by atoms with van der Waals surface area (Å²) >= 11 is 0. The van der Waals surface area contributed by atoms with Gasteiger partial charge in [-0.05, 0) is 25.7 Å². The van der Waals surface area contributed by atoms with Crippen LogP contribution in [0.3, 0.4) is 0 Å². The number of rotatable bonds is 4. The summed E-state index contributed by atoms with van der Waals surface area (Å²) in [6.07, 6.45) is 2.73. The number of carbonyl (C=O) groups excluding carboxylic acids is 2. The second-order valence-electron chi connectivity index (χ2n) is 5.83. The molecule has 2 aliphatic rings. The van der Waals surface area contributed by atoms with Crippen LogP contribution in [0.1, 0.15) is 39.0 Å². The van der Waals surface area contributed by atoms with Crippen molar-refractivity contribution in [3.63, 3.8) is 0 Å². The number of amides is 2. The quantitative estimate of drug-likeness (QED) is 0.816. The van der Waals surface area contributed by atoms with Crippen LogP contribution in [-0.2, 0) is 19.1 Å². The summed E-state index contributed by atoms with van der Waals surface area (Å²) in [5.41, 5.74) is 0. The maximum atomic E-state index is 12.7. The minimum Gasteiger partial charge on any atom is -0.479 e. The summed E-state index contributed by atoms with van der Waals surface area (Å²) in [5, 5.41) is 9.03. The van der Waals surface area contributed by atoms with Crippen molar-refractivity contribution >= 4 is 17.8 Å². The molecule has 22 heavy (non-hydrogen) atoms. The normalized spacial score (nSPS) is 25.9. The molecule has 2 amide bonds. The number of carbonyl (C=O) groups is 3. The number of nitrogens with zero attached hydrogens (tertiary/aromatic N) is 2. The first-order chi connectivity index (χ1) is 10.5. The van der Waals surface area contributed by atoms with E-state index in [9.17, 15) is 14.4 Å². The highest BCUT2D eigenvalue weighted by molar-refractivity contribution is 5.88. The van der Waals surface area contributed by atoms with Gasteiger partial charge in [0.2, 0.25) is 11.8 Å². The van der Waals surface area contributed by atoms with Gasteiger partial charge in [0, 0.05) is 19.5 Å². The molecule has 0 bridgehead atoms. The lowest BCUT2D eigenvalue weighted by Gasteiger charge is -2.39. The van der Waals surface area contributed by atoms with Crippen molar-refractivity contribution in [2.75, 3.05) is 26.2 Å². The molecule has 2 fully saturated rings. The second-order valence-corrected chi connectivity index (χ2v) is 5.83. The van der Waals surface area contributed by atoms with Crippen molar-refractivity contribution in [3.8, 4) is 0 Å². The topological polar surface area (TPSA) is 87.2 Å². The van der Waals surface area contributed by atoms with Crippen LogP contribution in [0, 0.1) is 0 Å². The van der Waals surface area contributed by atoms with Crippen molar-refractivity contribution in [1.82, 2.24) is 9.80 Å². The number of aliphatic carboxylic acids is 1. The molecule has 0 aromatic rings. The van der Waals surface area contributed by atoms with E-state index < -0.39 is 18.1 Å². The zero-order chi connectivity index (χ0) is 16.1. The highest BCUT2D eigenvalue weighted by atomic mass is 16.5. The average Bonchev–Trinajstić information content (AvgIpc) is 2.54. The van der Waals surface area contributed by atoms with E-state index in [-0.39, 0.29) is 25.0 Å².